The smallest absolute Gasteiger partial charge is 0.273 e. The zero-order valence-corrected chi connectivity index (χ0v) is 9.72. The van der Waals surface area contributed by atoms with Crippen LogP contribution in [0.5, 0.6) is 5.75 Å². The quantitative estimate of drug-likeness (QED) is 0.415. The van der Waals surface area contributed by atoms with E-state index in [-0.39, 0.29) is 11.5 Å². The highest BCUT2D eigenvalue weighted by atomic mass is 16.6. The zero-order valence-electron chi connectivity index (χ0n) is 9.72. The van der Waals surface area contributed by atoms with Gasteiger partial charge in [0.15, 0.2) is 0 Å². The van der Waals surface area contributed by atoms with E-state index in [1.54, 1.807) is 19.1 Å². The fourth-order valence-electron chi connectivity index (χ4n) is 1.35. The van der Waals surface area contributed by atoms with Crippen molar-refractivity contribution in [1.82, 2.24) is 0 Å². The number of nitro groups is 1. The molecule has 0 bridgehead atoms. The van der Waals surface area contributed by atoms with Crippen LogP contribution in [-0.2, 0) is 4.79 Å². The second kappa shape index (κ2) is 6.62. The van der Waals surface area contributed by atoms with E-state index < -0.39 is 4.92 Å². The lowest BCUT2D eigenvalue weighted by atomic mass is 10.2. The monoisotopic (exact) mass is 237 g/mol. The standard InChI is InChI=1S/C12H15NO4/c1-10(14)5-2-3-8-17-12-7-4-6-11(9-12)13(15)16/h4,6-7,9H,2-3,5,8H2,1H3. The number of unbranched alkanes of at least 4 members (excludes halogenated alkanes) is 1. The van der Waals surface area contributed by atoms with E-state index in [0.717, 1.165) is 12.8 Å². The average Bonchev–Trinajstić information content (AvgIpc) is 2.28. The molecule has 0 atom stereocenters. The van der Waals surface area contributed by atoms with E-state index in [4.69, 9.17) is 4.74 Å². The van der Waals surface area contributed by atoms with Gasteiger partial charge in [-0.2, -0.15) is 0 Å². The molecule has 0 aliphatic rings. The first kappa shape index (κ1) is 13.2. The summed E-state index contributed by atoms with van der Waals surface area (Å²) in [4.78, 5) is 20.7. The Balaban J connectivity index is 2.34. The van der Waals surface area contributed by atoms with Gasteiger partial charge in [0.2, 0.25) is 0 Å². The highest BCUT2D eigenvalue weighted by Gasteiger charge is 2.05. The van der Waals surface area contributed by atoms with Gasteiger partial charge in [-0.3, -0.25) is 10.1 Å². The summed E-state index contributed by atoms with van der Waals surface area (Å²) in [6.45, 7) is 2.02. The first-order chi connectivity index (χ1) is 8.09. The summed E-state index contributed by atoms with van der Waals surface area (Å²) in [6.07, 6.45) is 2.10. The maximum atomic E-state index is 10.7. The summed E-state index contributed by atoms with van der Waals surface area (Å²) < 4.78 is 5.36. The van der Waals surface area contributed by atoms with E-state index in [1.807, 2.05) is 0 Å². The van der Waals surface area contributed by atoms with Crippen LogP contribution in [0, 0.1) is 10.1 Å². The van der Waals surface area contributed by atoms with Gasteiger partial charge < -0.3 is 9.53 Å². The Kier molecular flexibility index (Phi) is 5.13. The van der Waals surface area contributed by atoms with Crippen LogP contribution in [0.1, 0.15) is 26.2 Å². The molecule has 17 heavy (non-hydrogen) atoms. The van der Waals surface area contributed by atoms with E-state index in [1.165, 1.54) is 12.1 Å². The Morgan fingerprint density at radius 1 is 1.41 bits per heavy atom. The average molecular weight is 237 g/mol. The third kappa shape index (κ3) is 5.10. The molecular formula is C12H15NO4. The number of carbonyl (C=O) groups is 1. The molecule has 92 valence electrons. The molecule has 0 aliphatic heterocycles. The van der Waals surface area contributed by atoms with Crippen LogP contribution in [0.4, 0.5) is 5.69 Å². The molecule has 0 saturated heterocycles. The van der Waals surface area contributed by atoms with Gasteiger partial charge in [0.05, 0.1) is 17.6 Å². The summed E-state index contributed by atoms with van der Waals surface area (Å²) in [7, 11) is 0. The number of Topliss-reactive ketones (excluding diaryl/α,β-unsaturated/α-hetero) is 1. The van der Waals surface area contributed by atoms with Crippen molar-refractivity contribution in [3.05, 3.63) is 34.4 Å². The lowest BCUT2D eigenvalue weighted by molar-refractivity contribution is -0.384. The van der Waals surface area contributed by atoms with Gasteiger partial charge in [0.1, 0.15) is 11.5 Å². The largest absolute Gasteiger partial charge is 0.493 e. The van der Waals surface area contributed by atoms with Crippen molar-refractivity contribution >= 4 is 11.5 Å². The molecule has 0 aliphatic carbocycles. The molecule has 0 aromatic heterocycles. The van der Waals surface area contributed by atoms with Crippen molar-refractivity contribution in [2.45, 2.75) is 26.2 Å². The summed E-state index contributed by atoms with van der Waals surface area (Å²) in [5, 5.41) is 10.5. The summed E-state index contributed by atoms with van der Waals surface area (Å²) in [6, 6.07) is 6.08. The van der Waals surface area contributed by atoms with Crippen LogP contribution in [0.3, 0.4) is 0 Å². The molecule has 5 heteroatoms. The van der Waals surface area contributed by atoms with Crippen LogP contribution < -0.4 is 4.74 Å². The molecule has 5 nitrogen and oxygen atoms in total. The number of ether oxygens (including phenoxy) is 1. The Labute approximate surface area is 99.5 Å². The Morgan fingerprint density at radius 3 is 2.82 bits per heavy atom. The Hall–Kier alpha value is -1.91. The minimum Gasteiger partial charge on any atom is -0.493 e. The van der Waals surface area contributed by atoms with Crippen LogP contribution in [0.2, 0.25) is 0 Å². The molecule has 0 unspecified atom stereocenters. The number of non-ortho nitro benzene ring substituents is 1. The topological polar surface area (TPSA) is 69.4 Å². The molecule has 0 heterocycles. The first-order valence-electron chi connectivity index (χ1n) is 5.46. The molecular weight excluding hydrogens is 222 g/mol. The van der Waals surface area contributed by atoms with Crippen molar-refractivity contribution < 1.29 is 14.5 Å². The minimum atomic E-state index is -0.456. The molecule has 0 saturated carbocycles. The predicted octanol–water partition coefficient (Wildman–Crippen LogP) is 2.73. The number of rotatable bonds is 7. The molecule has 0 amide bonds. The van der Waals surface area contributed by atoms with Crippen molar-refractivity contribution in [3.63, 3.8) is 0 Å². The fraction of sp³-hybridized carbons (Fsp3) is 0.417. The number of carbonyl (C=O) groups excluding carboxylic acids is 1. The third-order valence-corrected chi connectivity index (χ3v) is 2.22. The fourth-order valence-corrected chi connectivity index (χ4v) is 1.35. The first-order valence-corrected chi connectivity index (χ1v) is 5.46. The molecule has 1 aromatic rings. The Bertz CT molecular complexity index is 403. The second-order valence-electron chi connectivity index (χ2n) is 3.76. The van der Waals surface area contributed by atoms with Crippen LogP contribution in [-0.4, -0.2) is 17.3 Å². The molecule has 0 fully saturated rings. The van der Waals surface area contributed by atoms with Gasteiger partial charge >= 0.3 is 0 Å². The summed E-state index contributed by atoms with van der Waals surface area (Å²) in [5.41, 5.74) is 0.0197. The van der Waals surface area contributed by atoms with Gasteiger partial charge in [-0.15, -0.1) is 0 Å². The van der Waals surface area contributed by atoms with E-state index in [0.29, 0.717) is 18.8 Å². The second-order valence-corrected chi connectivity index (χ2v) is 3.76. The molecule has 0 spiro atoms. The van der Waals surface area contributed by atoms with E-state index in [2.05, 4.69) is 0 Å². The summed E-state index contributed by atoms with van der Waals surface area (Å²) >= 11 is 0. The molecule has 0 N–H and O–H groups in total. The van der Waals surface area contributed by atoms with Crippen LogP contribution in [0.15, 0.2) is 24.3 Å². The van der Waals surface area contributed by atoms with Crippen LogP contribution >= 0.6 is 0 Å². The lowest BCUT2D eigenvalue weighted by Gasteiger charge is -2.05. The SMILES string of the molecule is CC(=O)CCCCOc1cccc([N+](=O)[O-])c1. The lowest BCUT2D eigenvalue weighted by Crippen LogP contribution is -1.99. The number of ketones is 1. The zero-order chi connectivity index (χ0) is 12.7. The molecule has 0 radical (unpaired) electrons. The number of nitrogens with zero attached hydrogens (tertiary/aromatic N) is 1. The summed E-state index contributed by atoms with van der Waals surface area (Å²) in [5.74, 6) is 0.655. The maximum absolute atomic E-state index is 10.7. The van der Waals surface area contributed by atoms with Gasteiger partial charge in [-0.05, 0) is 25.8 Å². The molecule has 1 rings (SSSR count). The number of hydrogen-bond acceptors (Lipinski definition) is 4. The van der Waals surface area contributed by atoms with E-state index in [9.17, 15) is 14.9 Å². The highest BCUT2D eigenvalue weighted by Crippen LogP contribution is 2.19. The van der Waals surface area contributed by atoms with Gasteiger partial charge in [0.25, 0.3) is 5.69 Å². The highest BCUT2D eigenvalue weighted by molar-refractivity contribution is 5.75. The van der Waals surface area contributed by atoms with Gasteiger partial charge in [-0.1, -0.05) is 6.07 Å². The predicted molar refractivity (Wildman–Crippen MR) is 63.1 cm³/mol. The number of benzene rings is 1. The normalized spacial score (nSPS) is 9.94. The van der Waals surface area contributed by atoms with E-state index >= 15 is 0 Å². The Morgan fingerprint density at radius 2 is 2.18 bits per heavy atom. The van der Waals surface area contributed by atoms with Crippen molar-refractivity contribution in [2.75, 3.05) is 6.61 Å². The minimum absolute atomic E-state index is 0.0197. The van der Waals surface area contributed by atoms with Crippen molar-refractivity contribution in [2.24, 2.45) is 0 Å². The van der Waals surface area contributed by atoms with Crippen molar-refractivity contribution in [1.29, 1.82) is 0 Å². The number of nitro benzene ring substituents is 1. The maximum Gasteiger partial charge on any atom is 0.273 e. The van der Waals surface area contributed by atoms with Crippen molar-refractivity contribution in [3.8, 4) is 5.75 Å². The van der Waals surface area contributed by atoms with Gasteiger partial charge in [0, 0.05) is 12.5 Å². The molecule has 1 aromatic carbocycles. The van der Waals surface area contributed by atoms with Gasteiger partial charge in [-0.25, -0.2) is 0 Å². The third-order valence-electron chi connectivity index (χ3n) is 2.22. The van der Waals surface area contributed by atoms with Crippen LogP contribution in [0.25, 0.3) is 0 Å². The number of hydrogen-bond donors (Lipinski definition) is 0.